The van der Waals surface area contributed by atoms with E-state index in [1.807, 2.05) is 18.3 Å². The van der Waals surface area contributed by atoms with Crippen LogP contribution in [-0.2, 0) is 0 Å². The van der Waals surface area contributed by atoms with Crippen molar-refractivity contribution in [2.45, 2.75) is 13.0 Å². The molecule has 2 aromatic heterocycles. The van der Waals surface area contributed by atoms with Crippen LogP contribution in [0.3, 0.4) is 0 Å². The van der Waals surface area contributed by atoms with E-state index in [0.29, 0.717) is 0 Å². The number of pyridine rings is 2. The Morgan fingerprint density at radius 3 is 2.72 bits per heavy atom. The summed E-state index contributed by atoms with van der Waals surface area (Å²) in [5.74, 6) is 0.785. The molecule has 94 valence electrons. The number of aromatic nitrogens is 2. The molecular formula is C14H17N3O. The molecule has 0 amide bonds. The third-order valence-corrected chi connectivity index (χ3v) is 2.77. The minimum absolute atomic E-state index is 0.0710. The maximum Gasteiger partial charge on any atom is 0.142 e. The van der Waals surface area contributed by atoms with Crippen molar-refractivity contribution in [1.82, 2.24) is 15.3 Å². The van der Waals surface area contributed by atoms with Gasteiger partial charge in [0.15, 0.2) is 0 Å². The fourth-order valence-corrected chi connectivity index (χ4v) is 1.96. The van der Waals surface area contributed by atoms with Crippen molar-refractivity contribution in [2.75, 3.05) is 13.7 Å². The lowest BCUT2D eigenvalue weighted by Gasteiger charge is -2.20. The second kappa shape index (κ2) is 6.12. The van der Waals surface area contributed by atoms with Gasteiger partial charge in [0.1, 0.15) is 5.75 Å². The lowest BCUT2D eigenvalue weighted by atomic mass is 10.0. The summed E-state index contributed by atoms with van der Waals surface area (Å²) in [6.07, 6.45) is 7.15. The molecule has 2 heterocycles. The van der Waals surface area contributed by atoms with Gasteiger partial charge in [-0.2, -0.15) is 0 Å². The van der Waals surface area contributed by atoms with Gasteiger partial charge in [-0.3, -0.25) is 9.97 Å². The first kappa shape index (κ1) is 12.5. The number of ether oxygens (including phenoxy) is 1. The molecule has 0 aliphatic rings. The number of methoxy groups -OCH3 is 1. The van der Waals surface area contributed by atoms with Gasteiger partial charge in [-0.05, 0) is 24.2 Å². The molecule has 0 radical (unpaired) electrons. The van der Waals surface area contributed by atoms with Crippen molar-refractivity contribution >= 4 is 0 Å². The van der Waals surface area contributed by atoms with E-state index < -0.39 is 0 Å². The van der Waals surface area contributed by atoms with E-state index in [4.69, 9.17) is 4.74 Å². The van der Waals surface area contributed by atoms with E-state index in [1.54, 1.807) is 25.7 Å². The normalized spacial score (nSPS) is 12.1. The first-order valence-electron chi connectivity index (χ1n) is 5.98. The van der Waals surface area contributed by atoms with E-state index in [0.717, 1.165) is 23.4 Å². The van der Waals surface area contributed by atoms with E-state index in [-0.39, 0.29) is 6.04 Å². The third kappa shape index (κ3) is 2.65. The van der Waals surface area contributed by atoms with Crippen LogP contribution in [0, 0.1) is 0 Å². The summed E-state index contributed by atoms with van der Waals surface area (Å²) in [4.78, 5) is 8.26. The van der Waals surface area contributed by atoms with Crippen molar-refractivity contribution in [1.29, 1.82) is 0 Å². The maximum atomic E-state index is 5.37. The van der Waals surface area contributed by atoms with Crippen LogP contribution < -0.4 is 10.1 Å². The predicted octanol–water partition coefficient (Wildman–Crippen LogP) is 2.18. The minimum atomic E-state index is 0.0710. The Hall–Kier alpha value is -1.94. The third-order valence-electron chi connectivity index (χ3n) is 2.77. The summed E-state index contributed by atoms with van der Waals surface area (Å²) in [7, 11) is 1.66. The highest BCUT2D eigenvalue weighted by Crippen LogP contribution is 2.28. The molecule has 4 nitrogen and oxygen atoms in total. The highest BCUT2D eigenvalue weighted by atomic mass is 16.5. The lowest BCUT2D eigenvalue weighted by Crippen LogP contribution is -2.22. The number of rotatable bonds is 5. The fraction of sp³-hybridized carbons (Fsp3) is 0.286. The van der Waals surface area contributed by atoms with Crippen LogP contribution in [-0.4, -0.2) is 23.6 Å². The van der Waals surface area contributed by atoms with E-state index in [2.05, 4.69) is 28.3 Å². The van der Waals surface area contributed by atoms with Crippen molar-refractivity contribution in [3.63, 3.8) is 0 Å². The Kier molecular flexibility index (Phi) is 4.25. The van der Waals surface area contributed by atoms with Crippen molar-refractivity contribution in [3.8, 4) is 5.75 Å². The maximum absolute atomic E-state index is 5.37. The average molecular weight is 243 g/mol. The summed E-state index contributed by atoms with van der Waals surface area (Å²) in [5, 5.41) is 3.44. The second-order valence-electron chi connectivity index (χ2n) is 3.89. The quantitative estimate of drug-likeness (QED) is 0.874. The molecule has 2 rings (SSSR count). The highest BCUT2D eigenvalue weighted by Gasteiger charge is 2.17. The number of nitrogens with one attached hydrogen (secondary N) is 1. The van der Waals surface area contributed by atoms with Crippen molar-refractivity contribution < 1.29 is 4.74 Å². The van der Waals surface area contributed by atoms with Crippen molar-refractivity contribution in [2.24, 2.45) is 0 Å². The van der Waals surface area contributed by atoms with Gasteiger partial charge < -0.3 is 10.1 Å². The van der Waals surface area contributed by atoms with Gasteiger partial charge in [0.05, 0.1) is 19.3 Å². The van der Waals surface area contributed by atoms with Gasteiger partial charge in [0.25, 0.3) is 0 Å². The zero-order valence-electron chi connectivity index (χ0n) is 10.6. The summed E-state index contributed by atoms with van der Waals surface area (Å²) >= 11 is 0. The Morgan fingerprint density at radius 2 is 2.06 bits per heavy atom. The summed E-state index contributed by atoms with van der Waals surface area (Å²) in [5.41, 5.74) is 2.19. The number of hydrogen-bond acceptors (Lipinski definition) is 4. The Bertz CT molecular complexity index is 487. The first-order valence-corrected chi connectivity index (χ1v) is 5.98. The molecule has 0 saturated heterocycles. The molecule has 18 heavy (non-hydrogen) atoms. The molecular weight excluding hydrogens is 226 g/mol. The summed E-state index contributed by atoms with van der Waals surface area (Å²) in [6.45, 7) is 2.95. The Morgan fingerprint density at radius 1 is 1.22 bits per heavy atom. The largest absolute Gasteiger partial charge is 0.495 e. The molecule has 4 heteroatoms. The van der Waals surface area contributed by atoms with Gasteiger partial charge in [0.2, 0.25) is 0 Å². The molecule has 0 aliphatic carbocycles. The van der Waals surface area contributed by atoms with Crippen LogP contribution in [0.25, 0.3) is 0 Å². The molecule has 0 aromatic carbocycles. The number of nitrogens with zero attached hydrogens (tertiary/aromatic N) is 2. The van der Waals surface area contributed by atoms with Gasteiger partial charge in [-0.25, -0.2) is 0 Å². The van der Waals surface area contributed by atoms with Gasteiger partial charge in [0, 0.05) is 24.2 Å². The monoisotopic (exact) mass is 243 g/mol. The molecule has 0 saturated carbocycles. The van der Waals surface area contributed by atoms with Crippen molar-refractivity contribution in [3.05, 3.63) is 54.1 Å². The molecule has 1 atom stereocenters. The highest BCUT2D eigenvalue weighted by molar-refractivity contribution is 5.38. The van der Waals surface area contributed by atoms with Gasteiger partial charge >= 0.3 is 0 Å². The smallest absolute Gasteiger partial charge is 0.142 e. The summed E-state index contributed by atoms with van der Waals surface area (Å²) in [6, 6.07) is 6.04. The molecule has 1 unspecified atom stereocenters. The molecule has 1 N–H and O–H groups in total. The Balaban J connectivity index is 2.41. The lowest BCUT2D eigenvalue weighted by molar-refractivity contribution is 0.402. The van der Waals surface area contributed by atoms with Gasteiger partial charge in [-0.15, -0.1) is 0 Å². The molecule has 0 spiro atoms. The standard InChI is InChI=1S/C14H17N3O/c1-3-17-14(11-5-4-7-15-9-11)12-6-8-16-10-13(12)18-2/h4-10,14,17H,3H2,1-2H3. The molecule has 0 bridgehead atoms. The predicted molar refractivity (Wildman–Crippen MR) is 70.5 cm³/mol. The Labute approximate surface area is 107 Å². The fourth-order valence-electron chi connectivity index (χ4n) is 1.96. The molecule has 0 aliphatic heterocycles. The van der Waals surface area contributed by atoms with Crippen LogP contribution in [0.5, 0.6) is 5.75 Å². The zero-order chi connectivity index (χ0) is 12.8. The van der Waals surface area contributed by atoms with Crippen LogP contribution in [0.2, 0.25) is 0 Å². The topological polar surface area (TPSA) is 47.0 Å². The average Bonchev–Trinajstić information content (AvgIpc) is 2.46. The summed E-state index contributed by atoms with van der Waals surface area (Å²) < 4.78 is 5.37. The van der Waals surface area contributed by atoms with Crippen LogP contribution in [0.1, 0.15) is 24.1 Å². The van der Waals surface area contributed by atoms with E-state index >= 15 is 0 Å². The minimum Gasteiger partial charge on any atom is -0.495 e. The van der Waals surface area contributed by atoms with Gasteiger partial charge in [-0.1, -0.05) is 13.0 Å². The zero-order valence-corrected chi connectivity index (χ0v) is 10.6. The second-order valence-corrected chi connectivity index (χ2v) is 3.89. The van der Waals surface area contributed by atoms with E-state index in [1.165, 1.54) is 0 Å². The molecule has 2 aromatic rings. The van der Waals surface area contributed by atoms with Crippen LogP contribution in [0.4, 0.5) is 0 Å². The van der Waals surface area contributed by atoms with Crippen LogP contribution in [0.15, 0.2) is 43.0 Å². The van der Waals surface area contributed by atoms with Crippen LogP contribution >= 0.6 is 0 Å². The number of hydrogen-bond donors (Lipinski definition) is 1. The molecule has 0 fully saturated rings. The SMILES string of the molecule is CCNC(c1cccnc1)c1ccncc1OC. The first-order chi connectivity index (χ1) is 8.86. The van der Waals surface area contributed by atoms with E-state index in [9.17, 15) is 0 Å².